The van der Waals surface area contributed by atoms with E-state index in [1.54, 1.807) is 18.6 Å². The molecule has 0 atom stereocenters. The van der Waals surface area contributed by atoms with Gasteiger partial charge in [0.1, 0.15) is 5.82 Å². The normalized spacial score (nSPS) is 10.8. The molecule has 4 nitrogen and oxygen atoms in total. The third kappa shape index (κ3) is 1.59. The van der Waals surface area contributed by atoms with Crippen LogP contribution < -0.4 is 0 Å². The first-order valence-electron chi connectivity index (χ1n) is 4.74. The molecule has 78 valence electrons. The van der Waals surface area contributed by atoms with Gasteiger partial charge < -0.3 is 4.98 Å². The van der Waals surface area contributed by atoms with Crippen LogP contribution in [0.4, 0.5) is 0 Å². The van der Waals surface area contributed by atoms with Crippen LogP contribution in [0.3, 0.4) is 0 Å². The first-order chi connectivity index (χ1) is 7.83. The van der Waals surface area contributed by atoms with Gasteiger partial charge in [0.2, 0.25) is 0 Å². The molecule has 0 aromatic carbocycles. The maximum absolute atomic E-state index is 4.41. The molecule has 0 saturated heterocycles. The smallest absolute Gasteiger partial charge is 0.178 e. The van der Waals surface area contributed by atoms with Gasteiger partial charge in [-0.25, -0.2) is 9.97 Å². The third-order valence-electron chi connectivity index (χ3n) is 2.26. The van der Waals surface area contributed by atoms with Crippen LogP contribution >= 0.6 is 15.9 Å². The first-order valence-corrected chi connectivity index (χ1v) is 5.54. The van der Waals surface area contributed by atoms with Crippen molar-refractivity contribution in [1.29, 1.82) is 0 Å². The van der Waals surface area contributed by atoms with Gasteiger partial charge in [-0.3, -0.25) is 4.98 Å². The fourth-order valence-corrected chi connectivity index (χ4v) is 1.85. The SMILES string of the molecule is Brc1cnc2nc(-c3ccncc3)[nH]c2c1. The number of aromatic nitrogens is 4. The van der Waals surface area contributed by atoms with E-state index < -0.39 is 0 Å². The monoisotopic (exact) mass is 274 g/mol. The quantitative estimate of drug-likeness (QED) is 0.743. The van der Waals surface area contributed by atoms with Crippen molar-refractivity contribution in [2.45, 2.75) is 0 Å². The summed E-state index contributed by atoms with van der Waals surface area (Å²) in [6.45, 7) is 0. The van der Waals surface area contributed by atoms with E-state index in [1.165, 1.54) is 0 Å². The summed E-state index contributed by atoms with van der Waals surface area (Å²) >= 11 is 3.38. The van der Waals surface area contributed by atoms with E-state index in [-0.39, 0.29) is 0 Å². The molecule has 3 heterocycles. The summed E-state index contributed by atoms with van der Waals surface area (Å²) in [6.07, 6.45) is 5.22. The summed E-state index contributed by atoms with van der Waals surface area (Å²) in [5.41, 5.74) is 2.64. The molecule has 0 unspecified atom stereocenters. The van der Waals surface area contributed by atoms with Crippen molar-refractivity contribution in [1.82, 2.24) is 19.9 Å². The Bertz CT molecular complexity index is 633. The van der Waals surface area contributed by atoms with Gasteiger partial charge in [0, 0.05) is 28.6 Å². The van der Waals surface area contributed by atoms with Gasteiger partial charge in [0.05, 0.1) is 5.52 Å². The largest absolute Gasteiger partial charge is 0.337 e. The third-order valence-corrected chi connectivity index (χ3v) is 2.69. The fraction of sp³-hybridized carbons (Fsp3) is 0. The van der Waals surface area contributed by atoms with Crippen molar-refractivity contribution >= 4 is 27.1 Å². The van der Waals surface area contributed by atoms with Gasteiger partial charge in [-0.05, 0) is 34.1 Å². The Morgan fingerprint density at radius 1 is 1.19 bits per heavy atom. The molecule has 0 aliphatic rings. The Kier molecular flexibility index (Phi) is 2.18. The second-order valence-electron chi connectivity index (χ2n) is 3.35. The minimum atomic E-state index is 0.718. The highest BCUT2D eigenvalue weighted by molar-refractivity contribution is 9.10. The number of hydrogen-bond donors (Lipinski definition) is 1. The van der Waals surface area contributed by atoms with Gasteiger partial charge >= 0.3 is 0 Å². The highest BCUT2D eigenvalue weighted by Gasteiger charge is 2.05. The van der Waals surface area contributed by atoms with E-state index in [0.717, 1.165) is 27.0 Å². The maximum Gasteiger partial charge on any atom is 0.178 e. The van der Waals surface area contributed by atoms with Crippen molar-refractivity contribution < 1.29 is 0 Å². The lowest BCUT2D eigenvalue weighted by atomic mass is 10.3. The average molecular weight is 275 g/mol. The molecule has 0 fully saturated rings. The van der Waals surface area contributed by atoms with Gasteiger partial charge in [0.15, 0.2) is 5.65 Å². The summed E-state index contributed by atoms with van der Waals surface area (Å²) in [5.74, 6) is 0.808. The number of nitrogens with one attached hydrogen (secondary N) is 1. The molecule has 0 aliphatic carbocycles. The van der Waals surface area contributed by atoms with Crippen molar-refractivity contribution in [2.75, 3.05) is 0 Å². The molecular weight excluding hydrogens is 268 g/mol. The zero-order valence-corrected chi connectivity index (χ0v) is 9.77. The second kappa shape index (κ2) is 3.68. The molecule has 0 aliphatic heterocycles. The van der Waals surface area contributed by atoms with E-state index in [1.807, 2.05) is 18.2 Å². The van der Waals surface area contributed by atoms with Crippen LogP contribution in [0.1, 0.15) is 0 Å². The van der Waals surface area contributed by atoms with Crippen LogP contribution in [0.15, 0.2) is 41.3 Å². The standard InChI is InChI=1S/C11H7BrN4/c12-8-5-9-11(14-6-8)16-10(15-9)7-1-3-13-4-2-7/h1-6H,(H,14,15,16). The number of halogens is 1. The fourth-order valence-electron chi connectivity index (χ4n) is 1.52. The summed E-state index contributed by atoms with van der Waals surface area (Å²) in [6, 6.07) is 5.78. The van der Waals surface area contributed by atoms with Crippen LogP contribution in [0.25, 0.3) is 22.6 Å². The molecule has 0 spiro atoms. The molecule has 3 rings (SSSR count). The number of rotatable bonds is 1. The molecule has 16 heavy (non-hydrogen) atoms. The first kappa shape index (κ1) is 9.47. The number of aromatic amines is 1. The molecule has 5 heteroatoms. The summed E-state index contributed by atoms with van der Waals surface area (Å²) in [7, 11) is 0. The van der Waals surface area contributed by atoms with Crippen LogP contribution in [-0.4, -0.2) is 19.9 Å². The highest BCUT2D eigenvalue weighted by Crippen LogP contribution is 2.20. The summed E-state index contributed by atoms with van der Waals surface area (Å²) in [4.78, 5) is 15.8. The summed E-state index contributed by atoms with van der Waals surface area (Å²) in [5, 5.41) is 0. The van der Waals surface area contributed by atoms with Crippen molar-refractivity contribution in [3.05, 3.63) is 41.3 Å². The number of hydrogen-bond acceptors (Lipinski definition) is 3. The predicted molar refractivity (Wildman–Crippen MR) is 64.8 cm³/mol. The lowest BCUT2D eigenvalue weighted by molar-refractivity contribution is 1.27. The number of fused-ring (bicyclic) bond motifs is 1. The number of imidazole rings is 1. The van der Waals surface area contributed by atoms with E-state index in [0.29, 0.717) is 0 Å². The zero-order valence-electron chi connectivity index (χ0n) is 8.18. The Balaban J connectivity index is 2.19. The highest BCUT2D eigenvalue weighted by atomic mass is 79.9. The Morgan fingerprint density at radius 3 is 2.81 bits per heavy atom. The average Bonchev–Trinajstić information content (AvgIpc) is 2.73. The predicted octanol–water partition coefficient (Wildman–Crippen LogP) is 2.78. The van der Waals surface area contributed by atoms with E-state index in [9.17, 15) is 0 Å². The zero-order chi connectivity index (χ0) is 11.0. The maximum atomic E-state index is 4.41. The minimum absolute atomic E-state index is 0.718. The topological polar surface area (TPSA) is 54.5 Å². The molecule has 0 amide bonds. The second-order valence-corrected chi connectivity index (χ2v) is 4.26. The molecular formula is C11H7BrN4. The van der Waals surface area contributed by atoms with Crippen LogP contribution in [-0.2, 0) is 0 Å². The van der Waals surface area contributed by atoms with Crippen molar-refractivity contribution in [3.8, 4) is 11.4 Å². The number of nitrogens with zero attached hydrogens (tertiary/aromatic N) is 3. The van der Waals surface area contributed by atoms with Gasteiger partial charge in [-0.2, -0.15) is 0 Å². The number of H-pyrrole nitrogens is 1. The van der Waals surface area contributed by atoms with Gasteiger partial charge in [-0.1, -0.05) is 0 Å². The molecule has 3 aromatic heterocycles. The van der Waals surface area contributed by atoms with E-state index in [2.05, 4.69) is 35.9 Å². The van der Waals surface area contributed by atoms with Crippen molar-refractivity contribution in [3.63, 3.8) is 0 Å². The Morgan fingerprint density at radius 2 is 2.00 bits per heavy atom. The summed E-state index contributed by atoms with van der Waals surface area (Å²) < 4.78 is 0.935. The van der Waals surface area contributed by atoms with Crippen LogP contribution in [0, 0.1) is 0 Å². The van der Waals surface area contributed by atoms with Gasteiger partial charge in [0.25, 0.3) is 0 Å². The molecule has 0 bridgehead atoms. The molecule has 1 N–H and O–H groups in total. The molecule has 0 saturated carbocycles. The number of pyridine rings is 2. The Labute approximate surface area is 99.9 Å². The van der Waals surface area contributed by atoms with Crippen LogP contribution in [0.5, 0.6) is 0 Å². The minimum Gasteiger partial charge on any atom is -0.337 e. The molecule has 0 radical (unpaired) electrons. The van der Waals surface area contributed by atoms with Crippen molar-refractivity contribution in [2.24, 2.45) is 0 Å². The molecule has 3 aromatic rings. The Hall–Kier alpha value is -1.75. The van der Waals surface area contributed by atoms with Crippen LogP contribution in [0.2, 0.25) is 0 Å². The lowest BCUT2D eigenvalue weighted by Gasteiger charge is -1.92. The van der Waals surface area contributed by atoms with Gasteiger partial charge in [-0.15, -0.1) is 0 Å². The van der Waals surface area contributed by atoms with E-state index >= 15 is 0 Å². The lowest BCUT2D eigenvalue weighted by Crippen LogP contribution is -1.79. The van der Waals surface area contributed by atoms with E-state index in [4.69, 9.17) is 0 Å².